The lowest BCUT2D eigenvalue weighted by molar-refractivity contribution is 0.519. The summed E-state index contributed by atoms with van der Waals surface area (Å²) in [6.45, 7) is 5.24. The Balaban J connectivity index is 1.95. The highest BCUT2D eigenvalue weighted by Gasteiger charge is 2.30. The predicted octanol–water partition coefficient (Wildman–Crippen LogP) is 2.20. The summed E-state index contributed by atoms with van der Waals surface area (Å²) in [6, 6.07) is 2.16. The van der Waals surface area contributed by atoms with E-state index in [0.717, 1.165) is 41.9 Å². The van der Waals surface area contributed by atoms with Crippen molar-refractivity contribution in [2.24, 2.45) is 5.92 Å². The number of hydrogen-bond acceptors (Lipinski definition) is 4. The molecule has 0 bridgehead atoms. The molecule has 19 heavy (non-hydrogen) atoms. The third-order valence-electron chi connectivity index (χ3n) is 3.34. The van der Waals surface area contributed by atoms with Crippen molar-refractivity contribution in [3.63, 3.8) is 0 Å². The highest BCUT2D eigenvalue weighted by molar-refractivity contribution is 7.99. The van der Waals surface area contributed by atoms with Crippen LogP contribution in [-0.2, 0) is 6.42 Å². The fourth-order valence-corrected chi connectivity index (χ4v) is 3.31. The molecule has 1 unspecified atom stereocenters. The zero-order valence-corrected chi connectivity index (χ0v) is 12.6. The van der Waals surface area contributed by atoms with Crippen LogP contribution in [0.15, 0.2) is 16.0 Å². The van der Waals surface area contributed by atoms with Gasteiger partial charge in [-0.25, -0.2) is 4.98 Å². The summed E-state index contributed by atoms with van der Waals surface area (Å²) in [4.78, 5) is 18.9. The number of thioether (sulfide) groups is 1. The summed E-state index contributed by atoms with van der Waals surface area (Å²) >= 11 is 1.66. The third kappa shape index (κ3) is 4.66. The van der Waals surface area contributed by atoms with Gasteiger partial charge in [0.05, 0.1) is 0 Å². The van der Waals surface area contributed by atoms with Gasteiger partial charge in [0, 0.05) is 23.6 Å². The minimum Gasteiger partial charge on any atom is -0.313 e. The van der Waals surface area contributed by atoms with Crippen LogP contribution in [0.1, 0.15) is 38.8 Å². The van der Waals surface area contributed by atoms with E-state index in [0.29, 0.717) is 6.04 Å². The molecule has 0 radical (unpaired) electrons. The van der Waals surface area contributed by atoms with Crippen LogP contribution in [0.3, 0.4) is 0 Å². The van der Waals surface area contributed by atoms with E-state index < -0.39 is 0 Å². The van der Waals surface area contributed by atoms with Gasteiger partial charge in [-0.3, -0.25) is 4.79 Å². The molecule has 106 valence electrons. The topological polar surface area (TPSA) is 57.8 Å². The summed E-state index contributed by atoms with van der Waals surface area (Å²) in [7, 11) is 0. The van der Waals surface area contributed by atoms with Crippen molar-refractivity contribution < 1.29 is 0 Å². The van der Waals surface area contributed by atoms with Gasteiger partial charge >= 0.3 is 0 Å². The minimum absolute atomic E-state index is 0.0348. The number of aromatic amines is 1. The van der Waals surface area contributed by atoms with Crippen LogP contribution in [0, 0.1) is 5.92 Å². The highest BCUT2D eigenvalue weighted by atomic mass is 32.2. The molecular formula is C14H23N3OS. The van der Waals surface area contributed by atoms with Gasteiger partial charge in [-0.15, -0.1) is 0 Å². The first-order chi connectivity index (χ1) is 9.22. The lowest BCUT2D eigenvalue weighted by atomic mass is 10.2. The number of hydrogen-bond donors (Lipinski definition) is 2. The Hall–Kier alpha value is -0.810. The molecule has 0 aromatic carbocycles. The van der Waals surface area contributed by atoms with E-state index in [9.17, 15) is 4.79 Å². The largest absolute Gasteiger partial charge is 0.313 e. The van der Waals surface area contributed by atoms with E-state index >= 15 is 0 Å². The summed E-state index contributed by atoms with van der Waals surface area (Å²) in [5.41, 5.74) is 0.868. The molecule has 5 heteroatoms. The van der Waals surface area contributed by atoms with Crippen molar-refractivity contribution in [2.75, 3.05) is 12.3 Å². The van der Waals surface area contributed by atoms with Crippen molar-refractivity contribution >= 4 is 11.8 Å². The minimum atomic E-state index is -0.0348. The Morgan fingerprint density at radius 3 is 2.95 bits per heavy atom. The molecule has 1 aliphatic carbocycles. The SMILES string of the molecule is CCCc1cc(=O)[nH]c(SCC(NCC)C2CC2)n1. The standard InChI is InChI=1S/C14H23N3OS/c1-3-5-11-8-13(18)17-14(16-11)19-9-12(15-4-2)10-6-7-10/h8,10,12,15H,3-7,9H2,1-2H3,(H,16,17,18). The maximum Gasteiger partial charge on any atom is 0.251 e. The maximum atomic E-state index is 11.6. The van der Waals surface area contributed by atoms with Crippen molar-refractivity contribution in [1.29, 1.82) is 0 Å². The number of nitrogens with one attached hydrogen (secondary N) is 2. The Labute approximate surface area is 118 Å². The molecule has 1 heterocycles. The average molecular weight is 281 g/mol. The van der Waals surface area contributed by atoms with Crippen LogP contribution in [0.2, 0.25) is 0 Å². The molecule has 0 aliphatic heterocycles. The first-order valence-corrected chi connectivity index (χ1v) is 8.18. The smallest absolute Gasteiger partial charge is 0.251 e. The zero-order chi connectivity index (χ0) is 13.7. The van der Waals surface area contributed by atoms with Gasteiger partial charge in [-0.1, -0.05) is 32.0 Å². The molecule has 1 saturated carbocycles. The Morgan fingerprint density at radius 1 is 1.53 bits per heavy atom. The van der Waals surface area contributed by atoms with Crippen LogP contribution in [0.4, 0.5) is 0 Å². The van der Waals surface area contributed by atoms with Gasteiger partial charge in [-0.2, -0.15) is 0 Å². The van der Waals surface area contributed by atoms with E-state index in [2.05, 4.69) is 29.1 Å². The van der Waals surface area contributed by atoms with E-state index in [1.807, 2.05) is 0 Å². The van der Waals surface area contributed by atoms with Gasteiger partial charge in [-0.05, 0) is 31.7 Å². The normalized spacial score (nSPS) is 16.5. The monoisotopic (exact) mass is 281 g/mol. The predicted molar refractivity (Wildman–Crippen MR) is 79.8 cm³/mol. The molecule has 2 N–H and O–H groups in total. The highest BCUT2D eigenvalue weighted by Crippen LogP contribution is 2.34. The summed E-state index contributed by atoms with van der Waals surface area (Å²) in [6.07, 6.45) is 4.55. The van der Waals surface area contributed by atoms with Crippen molar-refractivity contribution in [3.05, 3.63) is 22.1 Å². The van der Waals surface area contributed by atoms with E-state index in [1.54, 1.807) is 17.8 Å². The van der Waals surface area contributed by atoms with E-state index in [-0.39, 0.29) is 5.56 Å². The van der Waals surface area contributed by atoms with Gasteiger partial charge < -0.3 is 10.3 Å². The van der Waals surface area contributed by atoms with Crippen LogP contribution in [0.5, 0.6) is 0 Å². The average Bonchev–Trinajstić information content (AvgIpc) is 3.18. The van der Waals surface area contributed by atoms with Crippen molar-refractivity contribution in [1.82, 2.24) is 15.3 Å². The van der Waals surface area contributed by atoms with E-state index in [4.69, 9.17) is 0 Å². The number of H-pyrrole nitrogens is 1. The Bertz CT molecular complexity index is 456. The summed E-state index contributed by atoms with van der Waals surface area (Å²) < 4.78 is 0. The second-order valence-electron chi connectivity index (χ2n) is 5.10. The van der Waals surface area contributed by atoms with Gasteiger partial charge in [0.15, 0.2) is 5.16 Å². The lowest BCUT2D eigenvalue weighted by Gasteiger charge is -2.16. The summed E-state index contributed by atoms with van der Waals surface area (Å²) in [5.74, 6) is 1.80. The summed E-state index contributed by atoms with van der Waals surface area (Å²) in [5, 5.41) is 4.29. The quantitative estimate of drug-likeness (QED) is 0.566. The fraction of sp³-hybridized carbons (Fsp3) is 0.714. The van der Waals surface area contributed by atoms with Gasteiger partial charge in [0.1, 0.15) is 0 Å². The van der Waals surface area contributed by atoms with Crippen LogP contribution in [-0.4, -0.2) is 28.3 Å². The number of rotatable bonds is 8. The first-order valence-electron chi connectivity index (χ1n) is 7.19. The molecule has 2 rings (SSSR count). The Morgan fingerprint density at radius 2 is 2.32 bits per heavy atom. The fourth-order valence-electron chi connectivity index (χ4n) is 2.23. The van der Waals surface area contributed by atoms with Gasteiger partial charge in [0.2, 0.25) is 0 Å². The number of nitrogens with zero attached hydrogens (tertiary/aromatic N) is 1. The molecule has 0 spiro atoms. The Kier molecular flexibility index (Phi) is 5.45. The molecular weight excluding hydrogens is 258 g/mol. The van der Waals surface area contributed by atoms with Crippen molar-refractivity contribution in [2.45, 2.75) is 50.7 Å². The second kappa shape index (κ2) is 7.10. The van der Waals surface area contributed by atoms with Crippen LogP contribution in [0.25, 0.3) is 0 Å². The van der Waals surface area contributed by atoms with Crippen molar-refractivity contribution in [3.8, 4) is 0 Å². The molecule has 1 aliphatic rings. The van der Waals surface area contributed by atoms with E-state index in [1.165, 1.54) is 12.8 Å². The molecule has 0 saturated heterocycles. The molecule has 1 atom stereocenters. The molecule has 1 fully saturated rings. The molecule has 1 aromatic heterocycles. The first kappa shape index (κ1) is 14.6. The lowest BCUT2D eigenvalue weighted by Crippen LogP contribution is -2.33. The third-order valence-corrected chi connectivity index (χ3v) is 4.33. The van der Waals surface area contributed by atoms with Gasteiger partial charge in [0.25, 0.3) is 5.56 Å². The molecule has 1 aromatic rings. The number of aryl methyl sites for hydroxylation is 1. The van der Waals surface area contributed by atoms with Crippen LogP contribution < -0.4 is 10.9 Å². The maximum absolute atomic E-state index is 11.6. The molecule has 0 amide bonds. The number of aromatic nitrogens is 2. The molecule has 4 nitrogen and oxygen atoms in total. The zero-order valence-electron chi connectivity index (χ0n) is 11.7. The second-order valence-corrected chi connectivity index (χ2v) is 6.11. The van der Waals surface area contributed by atoms with Crippen LogP contribution >= 0.6 is 11.8 Å².